The number of hydrogen-bond donors (Lipinski definition) is 1. The fraction of sp³-hybridized carbons (Fsp3) is 0.294. The molecule has 0 unspecified atom stereocenters. The third-order valence-electron chi connectivity index (χ3n) is 3.91. The van der Waals surface area contributed by atoms with Gasteiger partial charge >= 0.3 is 0 Å². The summed E-state index contributed by atoms with van der Waals surface area (Å²) in [6, 6.07) is 13.1. The van der Waals surface area contributed by atoms with Gasteiger partial charge in [-0.25, -0.2) is 9.37 Å². The predicted octanol–water partition coefficient (Wildman–Crippen LogP) is 2.62. The van der Waals surface area contributed by atoms with Gasteiger partial charge < -0.3 is 10.2 Å². The molecule has 0 saturated carbocycles. The third kappa shape index (κ3) is 3.42. The van der Waals surface area contributed by atoms with Crippen LogP contribution in [0.2, 0.25) is 0 Å². The number of pyridine rings is 1. The number of amides is 1. The normalized spacial score (nSPS) is 15.6. The number of benzene rings is 1. The third-order valence-corrected chi connectivity index (χ3v) is 3.91. The lowest BCUT2D eigenvalue weighted by Gasteiger charge is -2.33. The molecule has 2 aromatic rings. The molecule has 0 bridgehead atoms. The van der Waals surface area contributed by atoms with E-state index in [2.05, 4.69) is 27.3 Å². The Morgan fingerprint density at radius 3 is 2.50 bits per heavy atom. The Morgan fingerprint density at radius 2 is 1.86 bits per heavy atom. The van der Waals surface area contributed by atoms with Crippen LogP contribution >= 0.6 is 0 Å². The minimum atomic E-state index is -0.437. The fourth-order valence-corrected chi connectivity index (χ4v) is 2.69. The summed E-state index contributed by atoms with van der Waals surface area (Å²) in [6.07, 6.45) is 2.84. The molecule has 1 aromatic carbocycles. The summed E-state index contributed by atoms with van der Waals surface area (Å²) in [5.41, 5.74) is 1.47. The van der Waals surface area contributed by atoms with Crippen molar-refractivity contribution in [3.05, 3.63) is 60.2 Å². The van der Waals surface area contributed by atoms with Gasteiger partial charge in [0.1, 0.15) is 11.5 Å². The maximum Gasteiger partial charge on any atom is 0.270 e. The summed E-state index contributed by atoms with van der Waals surface area (Å²) in [6.45, 7) is 1.82. The van der Waals surface area contributed by atoms with E-state index < -0.39 is 5.82 Å². The van der Waals surface area contributed by atoms with Gasteiger partial charge in [0, 0.05) is 24.8 Å². The molecule has 0 spiro atoms. The Hall–Kier alpha value is -2.43. The van der Waals surface area contributed by atoms with Crippen molar-refractivity contribution in [3.8, 4) is 0 Å². The van der Waals surface area contributed by atoms with Gasteiger partial charge in [-0.05, 0) is 37.1 Å². The van der Waals surface area contributed by atoms with Crippen molar-refractivity contribution in [1.82, 2.24) is 10.3 Å². The number of anilines is 1. The van der Waals surface area contributed by atoms with Crippen molar-refractivity contribution < 1.29 is 9.18 Å². The topological polar surface area (TPSA) is 45.2 Å². The van der Waals surface area contributed by atoms with Crippen LogP contribution in [0.15, 0.2) is 48.7 Å². The highest BCUT2D eigenvalue weighted by molar-refractivity contribution is 5.92. The number of carbonyl (C=O) groups excluding carboxylic acids is 1. The Morgan fingerprint density at radius 1 is 1.14 bits per heavy atom. The SMILES string of the molecule is O=C(NC1CCN(c2ccccc2)CC1)c1ccc(F)cn1. The number of carbonyl (C=O) groups is 1. The maximum atomic E-state index is 12.8. The largest absolute Gasteiger partial charge is 0.371 e. The van der Waals surface area contributed by atoms with Crippen molar-refractivity contribution >= 4 is 11.6 Å². The fourth-order valence-electron chi connectivity index (χ4n) is 2.69. The number of nitrogens with zero attached hydrogens (tertiary/aromatic N) is 2. The van der Waals surface area contributed by atoms with E-state index in [0.29, 0.717) is 0 Å². The van der Waals surface area contributed by atoms with Crippen LogP contribution in [-0.4, -0.2) is 30.0 Å². The lowest BCUT2D eigenvalue weighted by molar-refractivity contribution is 0.0926. The summed E-state index contributed by atoms with van der Waals surface area (Å²) >= 11 is 0. The van der Waals surface area contributed by atoms with Crippen LogP contribution in [0.1, 0.15) is 23.3 Å². The number of piperidine rings is 1. The van der Waals surface area contributed by atoms with E-state index in [4.69, 9.17) is 0 Å². The van der Waals surface area contributed by atoms with Crippen LogP contribution in [0.3, 0.4) is 0 Å². The first kappa shape index (κ1) is 14.5. The first-order valence-electron chi connectivity index (χ1n) is 7.45. The molecule has 22 heavy (non-hydrogen) atoms. The number of hydrogen-bond acceptors (Lipinski definition) is 3. The molecule has 0 radical (unpaired) electrons. The molecule has 1 aliphatic rings. The molecule has 5 heteroatoms. The number of para-hydroxylation sites is 1. The van der Waals surface area contributed by atoms with Crippen molar-refractivity contribution in [2.45, 2.75) is 18.9 Å². The van der Waals surface area contributed by atoms with Crippen molar-refractivity contribution in [2.24, 2.45) is 0 Å². The molecular formula is C17H18FN3O. The van der Waals surface area contributed by atoms with Crippen LogP contribution in [0.25, 0.3) is 0 Å². The Kier molecular flexibility index (Phi) is 4.32. The smallest absolute Gasteiger partial charge is 0.270 e. The highest BCUT2D eigenvalue weighted by Crippen LogP contribution is 2.19. The minimum absolute atomic E-state index is 0.138. The van der Waals surface area contributed by atoms with Crippen LogP contribution in [0, 0.1) is 5.82 Å². The van der Waals surface area contributed by atoms with Crippen molar-refractivity contribution in [1.29, 1.82) is 0 Å². The van der Waals surface area contributed by atoms with E-state index in [0.717, 1.165) is 32.1 Å². The number of rotatable bonds is 3. The second kappa shape index (κ2) is 6.56. The first-order chi connectivity index (χ1) is 10.7. The van der Waals surface area contributed by atoms with Crippen LogP contribution in [-0.2, 0) is 0 Å². The Bertz CT molecular complexity index is 622. The summed E-state index contributed by atoms with van der Waals surface area (Å²) in [4.78, 5) is 18.2. The standard InChI is InChI=1S/C17H18FN3O/c18-13-6-7-16(19-12-13)17(22)20-14-8-10-21(11-9-14)15-4-2-1-3-5-15/h1-7,12,14H,8-11H2,(H,20,22). The molecule has 0 atom stereocenters. The van der Waals surface area contributed by atoms with E-state index >= 15 is 0 Å². The summed E-state index contributed by atoms with van der Waals surface area (Å²) in [5.74, 6) is -0.675. The molecule has 1 N–H and O–H groups in total. The van der Waals surface area contributed by atoms with E-state index in [9.17, 15) is 9.18 Å². The lowest BCUT2D eigenvalue weighted by Crippen LogP contribution is -2.44. The van der Waals surface area contributed by atoms with Crippen LogP contribution in [0.5, 0.6) is 0 Å². The Balaban J connectivity index is 1.53. The zero-order valence-electron chi connectivity index (χ0n) is 12.2. The van der Waals surface area contributed by atoms with Gasteiger partial charge in [-0.15, -0.1) is 0 Å². The minimum Gasteiger partial charge on any atom is -0.371 e. The molecule has 1 aromatic heterocycles. The van der Waals surface area contributed by atoms with E-state index in [1.165, 1.54) is 17.8 Å². The second-order valence-corrected chi connectivity index (χ2v) is 5.43. The molecule has 3 rings (SSSR count). The average molecular weight is 299 g/mol. The van der Waals surface area contributed by atoms with Gasteiger partial charge in [-0.3, -0.25) is 4.79 Å². The van der Waals surface area contributed by atoms with Crippen molar-refractivity contribution in [2.75, 3.05) is 18.0 Å². The maximum absolute atomic E-state index is 12.8. The molecule has 4 nitrogen and oxygen atoms in total. The molecule has 114 valence electrons. The van der Waals surface area contributed by atoms with E-state index in [1.54, 1.807) is 0 Å². The molecule has 1 fully saturated rings. The molecule has 1 saturated heterocycles. The highest BCUT2D eigenvalue weighted by Gasteiger charge is 2.21. The molecule has 1 aliphatic heterocycles. The zero-order valence-corrected chi connectivity index (χ0v) is 12.2. The van der Waals surface area contributed by atoms with Gasteiger partial charge in [-0.1, -0.05) is 18.2 Å². The number of aromatic nitrogens is 1. The number of halogens is 1. The first-order valence-corrected chi connectivity index (χ1v) is 7.45. The number of nitrogens with one attached hydrogen (secondary N) is 1. The van der Waals surface area contributed by atoms with Crippen LogP contribution < -0.4 is 10.2 Å². The quantitative estimate of drug-likeness (QED) is 0.947. The monoisotopic (exact) mass is 299 g/mol. The Labute approximate surface area is 129 Å². The van der Waals surface area contributed by atoms with Gasteiger partial charge in [0.25, 0.3) is 5.91 Å². The summed E-state index contributed by atoms with van der Waals surface area (Å²) in [7, 11) is 0. The summed E-state index contributed by atoms with van der Waals surface area (Å²) < 4.78 is 12.8. The lowest BCUT2D eigenvalue weighted by atomic mass is 10.0. The van der Waals surface area contributed by atoms with Gasteiger partial charge in [-0.2, -0.15) is 0 Å². The van der Waals surface area contributed by atoms with Gasteiger partial charge in [0.05, 0.1) is 6.20 Å². The molecule has 1 amide bonds. The zero-order chi connectivity index (χ0) is 15.4. The predicted molar refractivity (Wildman–Crippen MR) is 83.3 cm³/mol. The molecule has 2 heterocycles. The van der Waals surface area contributed by atoms with Crippen molar-refractivity contribution in [3.63, 3.8) is 0 Å². The molecular weight excluding hydrogens is 281 g/mol. The average Bonchev–Trinajstić information content (AvgIpc) is 2.57. The van der Waals surface area contributed by atoms with Crippen LogP contribution in [0.4, 0.5) is 10.1 Å². The molecule has 0 aliphatic carbocycles. The second-order valence-electron chi connectivity index (χ2n) is 5.43. The van der Waals surface area contributed by atoms with E-state index in [1.807, 2.05) is 18.2 Å². The van der Waals surface area contributed by atoms with Gasteiger partial charge in [0.2, 0.25) is 0 Å². The highest BCUT2D eigenvalue weighted by atomic mass is 19.1. The van der Waals surface area contributed by atoms with E-state index in [-0.39, 0.29) is 17.6 Å². The summed E-state index contributed by atoms with van der Waals surface area (Å²) in [5, 5.41) is 2.98. The van der Waals surface area contributed by atoms with Gasteiger partial charge in [0.15, 0.2) is 0 Å².